The molecule has 11 nitrogen and oxygen atoms in total. The van der Waals surface area contributed by atoms with Crippen molar-refractivity contribution in [2.75, 3.05) is 37.9 Å². The second-order valence-corrected chi connectivity index (χ2v) is 12.1. The van der Waals surface area contributed by atoms with Gasteiger partial charge in [0.2, 0.25) is 11.8 Å². The number of pyridine rings is 1. The van der Waals surface area contributed by atoms with Crippen LogP contribution in [-0.4, -0.2) is 72.0 Å². The summed E-state index contributed by atoms with van der Waals surface area (Å²) in [6, 6.07) is 17.2. The number of benzene rings is 3. The highest BCUT2D eigenvalue weighted by Crippen LogP contribution is 2.47. The Hall–Kier alpha value is -5.23. The van der Waals surface area contributed by atoms with Gasteiger partial charge in [-0.15, -0.1) is 0 Å². The number of carbonyl (C=O) groups is 3. The molecule has 6 rings (SSSR count). The van der Waals surface area contributed by atoms with Crippen LogP contribution in [0.25, 0.3) is 10.9 Å². The van der Waals surface area contributed by atoms with Gasteiger partial charge < -0.3 is 29.7 Å². The van der Waals surface area contributed by atoms with Gasteiger partial charge in [-0.25, -0.2) is 9.18 Å². The molecule has 2 unspecified atom stereocenters. The lowest BCUT2D eigenvalue weighted by Gasteiger charge is -2.42. The minimum Gasteiger partial charge on any atom is -0.493 e. The molecule has 2 atom stereocenters. The maximum atomic E-state index is 13.2. The van der Waals surface area contributed by atoms with Crippen molar-refractivity contribution in [2.24, 2.45) is 5.41 Å². The number of halogens is 1. The van der Waals surface area contributed by atoms with E-state index in [2.05, 4.69) is 20.5 Å². The van der Waals surface area contributed by atoms with E-state index in [4.69, 9.17) is 14.2 Å². The molecular weight excluding hydrogens is 605 g/mol. The van der Waals surface area contributed by atoms with Gasteiger partial charge in [-0.05, 0) is 94.4 Å². The van der Waals surface area contributed by atoms with Gasteiger partial charge in [-0.3, -0.25) is 19.5 Å². The van der Waals surface area contributed by atoms with Gasteiger partial charge >= 0.3 is 6.09 Å². The Labute approximate surface area is 271 Å². The first-order valence-corrected chi connectivity index (χ1v) is 15.4. The zero-order valence-electron chi connectivity index (χ0n) is 26.6. The Morgan fingerprint density at radius 2 is 1.45 bits per heavy atom. The van der Waals surface area contributed by atoms with Crippen molar-refractivity contribution in [2.45, 2.75) is 38.8 Å². The summed E-state index contributed by atoms with van der Waals surface area (Å²) in [4.78, 5) is 47.5. The molecule has 1 aliphatic heterocycles. The van der Waals surface area contributed by atoms with Crippen LogP contribution >= 0.6 is 0 Å². The van der Waals surface area contributed by atoms with Crippen molar-refractivity contribution >= 4 is 40.2 Å². The number of amides is 3. The fourth-order valence-electron chi connectivity index (χ4n) is 6.00. The number of likely N-dealkylation sites (N-methyl/N-ethyl adjacent to an activating group) is 1. The first-order chi connectivity index (χ1) is 22.6. The van der Waals surface area contributed by atoms with Crippen molar-refractivity contribution in [1.29, 1.82) is 0 Å². The van der Waals surface area contributed by atoms with Crippen LogP contribution in [0.5, 0.6) is 23.0 Å². The standard InChI is InChI=1S/C35H36FN5O6/c1-21-19-40(3)20-22(2)41(21)34(44)47-31-18-28-27(17-30(31)45-4)29(13-16-37-28)46-26-11-9-25(10-12-26)39-33(43)35(14-15-35)32(42)38-24-7-5-23(36)6-8-24/h5-13,16-18,21-22H,14-15,19-20H2,1-4H3,(H,38,42)(H,39,43). The number of aromatic nitrogens is 1. The van der Waals surface area contributed by atoms with Crippen LogP contribution in [0.4, 0.5) is 20.6 Å². The highest BCUT2D eigenvalue weighted by atomic mass is 19.1. The molecule has 3 aromatic carbocycles. The molecule has 0 spiro atoms. The van der Waals surface area contributed by atoms with Crippen molar-refractivity contribution in [1.82, 2.24) is 14.8 Å². The molecule has 1 aliphatic carbocycles. The van der Waals surface area contributed by atoms with Crippen LogP contribution in [0.15, 0.2) is 72.9 Å². The molecule has 1 aromatic heterocycles. The number of hydrogen-bond acceptors (Lipinski definition) is 8. The molecule has 0 radical (unpaired) electrons. The summed E-state index contributed by atoms with van der Waals surface area (Å²) in [6.45, 7) is 5.50. The topological polar surface area (TPSA) is 122 Å². The average molecular weight is 642 g/mol. The summed E-state index contributed by atoms with van der Waals surface area (Å²) >= 11 is 0. The van der Waals surface area contributed by atoms with Crippen LogP contribution < -0.4 is 24.8 Å². The molecule has 3 amide bonds. The SMILES string of the molecule is COc1cc2c(Oc3ccc(NC(=O)C4(C(=O)Nc5ccc(F)cc5)CC4)cc3)ccnc2cc1OC(=O)N1C(C)CN(C)CC1C. The van der Waals surface area contributed by atoms with Crippen molar-refractivity contribution < 1.29 is 33.0 Å². The Kier molecular flexibility index (Phi) is 8.69. The zero-order valence-corrected chi connectivity index (χ0v) is 26.6. The van der Waals surface area contributed by atoms with Crippen LogP contribution in [-0.2, 0) is 9.59 Å². The van der Waals surface area contributed by atoms with E-state index in [-0.39, 0.29) is 17.8 Å². The first kappa shape index (κ1) is 31.7. The second-order valence-electron chi connectivity index (χ2n) is 12.1. The van der Waals surface area contributed by atoms with Crippen molar-refractivity contribution in [3.8, 4) is 23.0 Å². The Balaban J connectivity index is 1.13. The Bertz CT molecular complexity index is 1800. The molecule has 12 heteroatoms. The van der Waals surface area contributed by atoms with Gasteiger partial charge in [0.25, 0.3) is 0 Å². The molecule has 4 aromatic rings. The van der Waals surface area contributed by atoms with Crippen LogP contribution in [0.2, 0.25) is 0 Å². The van der Waals surface area contributed by atoms with Gasteiger partial charge in [0.1, 0.15) is 22.7 Å². The predicted octanol–water partition coefficient (Wildman–Crippen LogP) is 6.06. The number of ether oxygens (including phenoxy) is 3. The second kappa shape index (κ2) is 12.9. The number of carbonyl (C=O) groups excluding carboxylic acids is 3. The Morgan fingerprint density at radius 1 is 0.851 bits per heavy atom. The minimum absolute atomic E-state index is 0.0114. The quantitative estimate of drug-likeness (QED) is 0.223. The number of nitrogens with zero attached hydrogens (tertiary/aromatic N) is 3. The zero-order chi connectivity index (χ0) is 33.3. The fraction of sp³-hybridized carbons (Fsp3) is 0.314. The number of piperazine rings is 1. The lowest BCUT2D eigenvalue weighted by molar-refractivity contribution is -0.131. The molecule has 1 saturated carbocycles. The largest absolute Gasteiger partial charge is 0.493 e. The molecule has 2 heterocycles. The summed E-state index contributed by atoms with van der Waals surface area (Å²) in [7, 11) is 3.53. The van der Waals surface area contributed by atoms with E-state index in [1.165, 1.54) is 31.4 Å². The van der Waals surface area contributed by atoms with Crippen LogP contribution in [0.1, 0.15) is 26.7 Å². The molecule has 2 aliphatic rings. The third-order valence-electron chi connectivity index (χ3n) is 8.56. The smallest absolute Gasteiger partial charge is 0.415 e. The molecular formula is C35H36FN5O6. The van der Waals surface area contributed by atoms with Crippen molar-refractivity contribution in [3.63, 3.8) is 0 Å². The van der Waals surface area contributed by atoms with Crippen LogP contribution in [0, 0.1) is 11.2 Å². The van der Waals surface area contributed by atoms with E-state index in [1.54, 1.807) is 53.6 Å². The predicted molar refractivity (Wildman–Crippen MR) is 174 cm³/mol. The van der Waals surface area contributed by atoms with E-state index in [0.717, 1.165) is 13.1 Å². The lowest BCUT2D eigenvalue weighted by Crippen LogP contribution is -2.58. The van der Waals surface area contributed by atoms with E-state index >= 15 is 0 Å². The van der Waals surface area contributed by atoms with Crippen LogP contribution in [0.3, 0.4) is 0 Å². The molecule has 244 valence electrons. The summed E-state index contributed by atoms with van der Waals surface area (Å²) in [6.07, 6.45) is 1.99. The Morgan fingerprint density at radius 3 is 2.02 bits per heavy atom. The fourth-order valence-corrected chi connectivity index (χ4v) is 6.00. The molecule has 1 saturated heterocycles. The first-order valence-electron chi connectivity index (χ1n) is 15.4. The van der Waals surface area contributed by atoms with Gasteiger partial charge in [-0.1, -0.05) is 0 Å². The van der Waals surface area contributed by atoms with Gasteiger partial charge in [0.15, 0.2) is 11.5 Å². The van der Waals surface area contributed by atoms with Gasteiger partial charge in [0, 0.05) is 54.2 Å². The highest BCUT2D eigenvalue weighted by Gasteiger charge is 2.56. The minimum atomic E-state index is -1.17. The lowest BCUT2D eigenvalue weighted by atomic mass is 10.0. The summed E-state index contributed by atoms with van der Waals surface area (Å²) in [5, 5.41) is 6.17. The number of methoxy groups -OCH3 is 1. The van der Waals surface area contributed by atoms with Crippen molar-refractivity contribution in [3.05, 3.63) is 78.7 Å². The number of anilines is 2. The summed E-state index contributed by atoms with van der Waals surface area (Å²) in [5.41, 5.74) is 0.292. The normalized spacial score (nSPS) is 18.7. The number of fused-ring (bicyclic) bond motifs is 1. The molecule has 47 heavy (non-hydrogen) atoms. The number of hydrogen-bond donors (Lipinski definition) is 2. The van der Waals surface area contributed by atoms with E-state index in [0.29, 0.717) is 52.4 Å². The molecule has 0 bridgehead atoms. The van der Waals surface area contributed by atoms with Gasteiger partial charge in [-0.2, -0.15) is 0 Å². The average Bonchev–Trinajstić information content (AvgIpc) is 3.85. The third kappa shape index (κ3) is 6.68. The molecule has 2 fully saturated rings. The van der Waals surface area contributed by atoms with E-state index in [9.17, 15) is 18.8 Å². The maximum Gasteiger partial charge on any atom is 0.415 e. The third-order valence-corrected chi connectivity index (χ3v) is 8.56. The summed E-state index contributed by atoms with van der Waals surface area (Å²) < 4.78 is 30.8. The number of rotatable bonds is 8. The van der Waals surface area contributed by atoms with E-state index in [1.807, 2.05) is 20.9 Å². The van der Waals surface area contributed by atoms with E-state index < -0.39 is 29.1 Å². The summed E-state index contributed by atoms with van der Waals surface area (Å²) in [5.74, 6) is 0.358. The van der Waals surface area contributed by atoms with Gasteiger partial charge in [0.05, 0.1) is 12.6 Å². The highest BCUT2D eigenvalue weighted by molar-refractivity contribution is 6.16. The molecule has 2 N–H and O–H groups in total. The monoisotopic (exact) mass is 641 g/mol. The maximum absolute atomic E-state index is 13.2. The number of nitrogens with one attached hydrogen (secondary N) is 2.